The van der Waals surface area contributed by atoms with Gasteiger partial charge in [0, 0.05) is 12.1 Å². The number of hydrogen-bond acceptors (Lipinski definition) is 3. The zero-order valence-electron chi connectivity index (χ0n) is 10.6. The van der Waals surface area contributed by atoms with Gasteiger partial charge in [-0.05, 0) is 0 Å². The van der Waals surface area contributed by atoms with Crippen LogP contribution in [0.1, 0.15) is 0 Å². The topological polar surface area (TPSA) is 47.6 Å². The van der Waals surface area contributed by atoms with Gasteiger partial charge in [0.2, 0.25) is 0 Å². The van der Waals surface area contributed by atoms with Gasteiger partial charge in [0.1, 0.15) is 11.5 Å². The molecule has 0 radical (unpaired) electrons. The standard InChI is InChI=1S/C11H9Cl2F4NO3/c1-20-7-4-6(8(21-2)3-5(7)12)18-9(19)10(13,14)11(15,16)17/h3-4H,1-2H3,(H,18,19)/t10-/m1/s1. The minimum Gasteiger partial charge on any atom is -0.495 e. The Balaban J connectivity index is 3.16. The van der Waals surface area contributed by atoms with E-state index in [9.17, 15) is 22.4 Å². The summed E-state index contributed by atoms with van der Waals surface area (Å²) in [6, 6.07) is 2.25. The molecule has 1 N–H and O–H groups in total. The highest BCUT2D eigenvalue weighted by atomic mass is 35.5. The molecule has 1 rings (SSSR count). The maximum atomic E-state index is 13.3. The number of hydrogen-bond donors (Lipinski definition) is 1. The molecule has 118 valence electrons. The molecule has 10 heteroatoms. The molecule has 0 bridgehead atoms. The first-order chi connectivity index (χ1) is 9.54. The molecule has 4 nitrogen and oxygen atoms in total. The molecule has 0 aliphatic carbocycles. The maximum absolute atomic E-state index is 13.3. The van der Waals surface area contributed by atoms with Crippen molar-refractivity contribution in [3.63, 3.8) is 0 Å². The maximum Gasteiger partial charge on any atom is 0.446 e. The first-order valence-electron chi connectivity index (χ1n) is 5.22. The highest BCUT2D eigenvalue weighted by molar-refractivity contribution is 6.36. The fourth-order valence-electron chi connectivity index (χ4n) is 1.29. The molecule has 1 aromatic carbocycles. The van der Waals surface area contributed by atoms with Crippen LogP contribution in [0.2, 0.25) is 5.02 Å². The van der Waals surface area contributed by atoms with Crippen molar-refractivity contribution >= 4 is 34.8 Å². The molecule has 0 unspecified atom stereocenters. The van der Waals surface area contributed by atoms with Crippen LogP contribution in [-0.4, -0.2) is 31.4 Å². The van der Waals surface area contributed by atoms with Crippen molar-refractivity contribution in [3.8, 4) is 11.5 Å². The Morgan fingerprint density at radius 3 is 2.10 bits per heavy atom. The van der Waals surface area contributed by atoms with Crippen molar-refractivity contribution in [2.45, 2.75) is 11.3 Å². The zero-order chi connectivity index (χ0) is 16.4. The van der Waals surface area contributed by atoms with Crippen LogP contribution in [-0.2, 0) is 4.79 Å². The van der Waals surface area contributed by atoms with E-state index in [0.717, 1.165) is 6.07 Å². The smallest absolute Gasteiger partial charge is 0.446 e. The van der Waals surface area contributed by atoms with E-state index in [1.165, 1.54) is 20.3 Å². The number of halogens is 6. The lowest BCUT2D eigenvalue weighted by atomic mass is 10.2. The Kier molecular flexibility index (Phi) is 5.16. The highest BCUT2D eigenvalue weighted by Crippen LogP contribution is 2.40. The molecule has 0 aliphatic heterocycles. The summed E-state index contributed by atoms with van der Waals surface area (Å²) >= 11 is 10.4. The molecule has 21 heavy (non-hydrogen) atoms. The second-order valence-electron chi connectivity index (χ2n) is 3.71. The number of nitrogens with one attached hydrogen (secondary N) is 1. The Bertz CT molecular complexity index is 549. The average Bonchev–Trinajstić information content (AvgIpc) is 2.38. The number of amides is 1. The van der Waals surface area contributed by atoms with E-state index in [2.05, 4.69) is 11.6 Å². The van der Waals surface area contributed by atoms with Gasteiger partial charge in [0.25, 0.3) is 5.91 Å². The molecule has 1 atom stereocenters. The Morgan fingerprint density at radius 2 is 1.67 bits per heavy atom. The van der Waals surface area contributed by atoms with Gasteiger partial charge in [-0.1, -0.05) is 23.2 Å². The lowest BCUT2D eigenvalue weighted by molar-refractivity contribution is -0.197. The van der Waals surface area contributed by atoms with E-state index < -0.39 is 17.2 Å². The van der Waals surface area contributed by atoms with Gasteiger partial charge in [-0.25, -0.2) is 4.39 Å². The predicted molar refractivity (Wildman–Crippen MR) is 68.9 cm³/mol. The van der Waals surface area contributed by atoms with Crippen molar-refractivity contribution < 1.29 is 31.8 Å². The monoisotopic (exact) mass is 349 g/mol. The molecule has 1 aromatic rings. The molecule has 0 aromatic heterocycles. The second kappa shape index (κ2) is 6.15. The van der Waals surface area contributed by atoms with E-state index in [1.807, 2.05) is 0 Å². The fourth-order valence-corrected chi connectivity index (χ4v) is 1.57. The van der Waals surface area contributed by atoms with Crippen LogP contribution in [0.4, 0.5) is 23.2 Å². The summed E-state index contributed by atoms with van der Waals surface area (Å²) in [6.45, 7) is 0. The van der Waals surface area contributed by atoms with Crippen molar-refractivity contribution in [3.05, 3.63) is 17.2 Å². The average molecular weight is 350 g/mol. The summed E-state index contributed by atoms with van der Waals surface area (Å²) in [4.78, 5) is 11.4. The molecule has 0 heterocycles. The van der Waals surface area contributed by atoms with Gasteiger partial charge in [0.15, 0.2) is 0 Å². The van der Waals surface area contributed by atoms with Gasteiger partial charge in [-0.3, -0.25) is 4.79 Å². The SMILES string of the molecule is COc1cc(NC(=O)[C@](F)(Cl)C(F)(F)F)c(OC)cc1Cl. The predicted octanol–water partition coefficient (Wildman–Crippen LogP) is 3.76. The summed E-state index contributed by atoms with van der Waals surface area (Å²) < 4.78 is 60.0. The Labute approximate surface area is 126 Å². The van der Waals surface area contributed by atoms with Crippen molar-refractivity contribution in [2.75, 3.05) is 19.5 Å². The van der Waals surface area contributed by atoms with Crippen LogP contribution in [0.25, 0.3) is 0 Å². The van der Waals surface area contributed by atoms with E-state index in [1.54, 1.807) is 5.32 Å². The van der Waals surface area contributed by atoms with Crippen LogP contribution >= 0.6 is 23.2 Å². The Morgan fingerprint density at radius 1 is 1.14 bits per heavy atom. The fraction of sp³-hybridized carbons (Fsp3) is 0.364. The number of carbonyl (C=O) groups is 1. The molecule has 1 amide bonds. The first kappa shape index (κ1) is 17.6. The van der Waals surface area contributed by atoms with Crippen LogP contribution in [0.3, 0.4) is 0 Å². The molecule has 0 saturated heterocycles. The largest absolute Gasteiger partial charge is 0.495 e. The normalized spacial score (nSPS) is 14.3. The van der Waals surface area contributed by atoms with E-state index in [4.69, 9.17) is 21.1 Å². The van der Waals surface area contributed by atoms with Crippen molar-refractivity contribution in [1.82, 2.24) is 0 Å². The van der Waals surface area contributed by atoms with Gasteiger partial charge in [-0.15, -0.1) is 0 Å². The van der Waals surface area contributed by atoms with E-state index in [0.29, 0.717) is 0 Å². The number of ether oxygens (including phenoxy) is 2. The third-order valence-corrected chi connectivity index (χ3v) is 3.04. The van der Waals surface area contributed by atoms with Crippen molar-refractivity contribution in [1.29, 1.82) is 0 Å². The second-order valence-corrected chi connectivity index (χ2v) is 4.64. The molecule has 0 spiro atoms. The summed E-state index contributed by atoms with van der Waals surface area (Å²) in [5, 5.41) is -2.81. The molecular weight excluding hydrogens is 341 g/mol. The van der Waals surface area contributed by atoms with E-state index >= 15 is 0 Å². The number of carbonyl (C=O) groups excluding carboxylic acids is 1. The first-order valence-corrected chi connectivity index (χ1v) is 5.97. The van der Waals surface area contributed by atoms with Crippen molar-refractivity contribution in [2.24, 2.45) is 0 Å². The van der Waals surface area contributed by atoms with Crippen LogP contribution in [0.5, 0.6) is 11.5 Å². The van der Waals surface area contributed by atoms with Gasteiger partial charge < -0.3 is 14.8 Å². The molecular formula is C11H9Cl2F4NO3. The minimum atomic E-state index is -5.58. The number of anilines is 1. The van der Waals surface area contributed by atoms with E-state index in [-0.39, 0.29) is 22.2 Å². The quantitative estimate of drug-likeness (QED) is 0.665. The van der Waals surface area contributed by atoms with Gasteiger partial charge >= 0.3 is 11.3 Å². The minimum absolute atomic E-state index is 0.0406. The highest BCUT2D eigenvalue weighted by Gasteiger charge is 2.61. The summed E-state index contributed by atoms with van der Waals surface area (Å²) in [6.07, 6.45) is -5.58. The van der Waals surface area contributed by atoms with Crippen LogP contribution < -0.4 is 14.8 Å². The Hall–Kier alpha value is -1.41. The molecule has 0 fully saturated rings. The van der Waals surface area contributed by atoms with Crippen LogP contribution in [0.15, 0.2) is 12.1 Å². The summed E-state index contributed by atoms with van der Waals surface area (Å²) in [7, 11) is 2.43. The third kappa shape index (κ3) is 3.62. The molecule has 0 saturated carbocycles. The van der Waals surface area contributed by atoms with Gasteiger partial charge in [0.05, 0.1) is 24.9 Å². The number of rotatable bonds is 4. The lowest BCUT2D eigenvalue weighted by Gasteiger charge is -2.21. The number of alkyl halides is 5. The zero-order valence-corrected chi connectivity index (χ0v) is 12.2. The summed E-state index contributed by atoms with van der Waals surface area (Å²) in [5.74, 6) is -2.16. The summed E-state index contributed by atoms with van der Waals surface area (Å²) in [5.41, 5.74) is -0.282. The number of methoxy groups -OCH3 is 2. The van der Waals surface area contributed by atoms with Gasteiger partial charge in [-0.2, -0.15) is 13.2 Å². The van der Waals surface area contributed by atoms with Crippen LogP contribution in [0, 0.1) is 0 Å². The molecule has 0 aliphatic rings. The third-order valence-electron chi connectivity index (χ3n) is 2.36. The number of benzene rings is 1. The lowest BCUT2D eigenvalue weighted by Crippen LogP contribution is -2.46.